The Balaban J connectivity index is 2.60. The Bertz CT molecular complexity index is 437. The number of carbonyl (C=O) groups is 2. The second-order valence-corrected chi connectivity index (χ2v) is 3.55. The largest absolute Gasteiger partial charge is 0.378 e. The number of nitrogens with one attached hydrogen (secondary N) is 1. The maximum atomic E-state index is 10.8. The molecule has 0 spiro atoms. The number of rotatable bonds is 3. The molecule has 0 saturated carbocycles. The van der Waals surface area contributed by atoms with Crippen molar-refractivity contribution in [1.29, 1.82) is 0 Å². The number of primary amides is 1. The van der Waals surface area contributed by atoms with Crippen molar-refractivity contribution < 1.29 is 9.59 Å². The summed E-state index contributed by atoms with van der Waals surface area (Å²) < 4.78 is 0. The number of benzene rings is 1. The molecule has 0 aromatic heterocycles. The highest BCUT2D eigenvalue weighted by atomic mass is 16.2. The molecule has 0 aliphatic carbocycles. The van der Waals surface area contributed by atoms with E-state index in [2.05, 4.69) is 5.10 Å². The molecular formula is C11H14N4O2. The number of anilines is 1. The van der Waals surface area contributed by atoms with Crippen molar-refractivity contribution in [3.05, 3.63) is 29.8 Å². The summed E-state index contributed by atoms with van der Waals surface area (Å²) in [4.78, 5) is 23.1. The number of hydrogen-bond donors (Lipinski definition) is 2. The molecule has 0 saturated heterocycles. The lowest BCUT2D eigenvalue weighted by atomic mass is 10.2. The molecule has 1 aromatic rings. The highest BCUT2D eigenvalue weighted by molar-refractivity contribution is 6.34. The molecule has 0 radical (unpaired) electrons. The maximum Gasteiger partial charge on any atom is 0.329 e. The first-order valence-corrected chi connectivity index (χ1v) is 4.91. The van der Waals surface area contributed by atoms with Gasteiger partial charge in [0, 0.05) is 19.8 Å². The highest BCUT2D eigenvalue weighted by Gasteiger charge is 2.05. The monoisotopic (exact) mass is 234 g/mol. The summed E-state index contributed by atoms with van der Waals surface area (Å²) >= 11 is 0. The minimum absolute atomic E-state index is 0.806. The summed E-state index contributed by atoms with van der Waals surface area (Å²) in [6.45, 7) is 0. The van der Waals surface area contributed by atoms with Gasteiger partial charge in [0.1, 0.15) is 0 Å². The SMILES string of the molecule is CN(C)c1ccc(C=NNC(=O)C(N)=O)cc1. The maximum absolute atomic E-state index is 10.8. The summed E-state index contributed by atoms with van der Waals surface area (Å²) in [5, 5.41) is 3.60. The summed E-state index contributed by atoms with van der Waals surface area (Å²) in [7, 11) is 3.88. The van der Waals surface area contributed by atoms with Crippen molar-refractivity contribution in [1.82, 2.24) is 5.43 Å². The van der Waals surface area contributed by atoms with E-state index < -0.39 is 11.8 Å². The Kier molecular flexibility index (Phi) is 4.21. The zero-order chi connectivity index (χ0) is 12.8. The molecule has 0 aliphatic heterocycles. The molecule has 1 aromatic carbocycles. The molecule has 0 unspecified atom stereocenters. The van der Waals surface area contributed by atoms with Crippen LogP contribution in [-0.4, -0.2) is 32.1 Å². The van der Waals surface area contributed by atoms with Crippen LogP contribution in [0, 0.1) is 0 Å². The van der Waals surface area contributed by atoms with E-state index in [4.69, 9.17) is 5.73 Å². The molecule has 0 aliphatic rings. The molecule has 1 rings (SSSR count). The topological polar surface area (TPSA) is 87.8 Å². The zero-order valence-corrected chi connectivity index (χ0v) is 9.68. The van der Waals surface area contributed by atoms with Crippen LogP contribution in [0.3, 0.4) is 0 Å². The van der Waals surface area contributed by atoms with Crippen LogP contribution in [0.5, 0.6) is 0 Å². The molecule has 0 fully saturated rings. The highest BCUT2D eigenvalue weighted by Crippen LogP contribution is 2.10. The van der Waals surface area contributed by atoms with Gasteiger partial charge < -0.3 is 10.6 Å². The van der Waals surface area contributed by atoms with E-state index in [1.807, 2.05) is 48.7 Å². The van der Waals surface area contributed by atoms with Crippen LogP contribution in [0.1, 0.15) is 5.56 Å². The second-order valence-electron chi connectivity index (χ2n) is 3.55. The Morgan fingerprint density at radius 2 is 1.88 bits per heavy atom. The Morgan fingerprint density at radius 1 is 1.29 bits per heavy atom. The van der Waals surface area contributed by atoms with Crippen molar-refractivity contribution in [2.24, 2.45) is 10.8 Å². The second kappa shape index (κ2) is 5.64. The smallest absolute Gasteiger partial charge is 0.329 e. The van der Waals surface area contributed by atoms with Gasteiger partial charge in [0.15, 0.2) is 0 Å². The number of amides is 2. The van der Waals surface area contributed by atoms with Crippen LogP contribution < -0.4 is 16.1 Å². The molecule has 3 N–H and O–H groups in total. The molecule has 0 atom stereocenters. The fourth-order valence-corrected chi connectivity index (χ4v) is 1.08. The van der Waals surface area contributed by atoms with Gasteiger partial charge in [-0.3, -0.25) is 9.59 Å². The van der Waals surface area contributed by atoms with Crippen LogP contribution in [0.4, 0.5) is 5.69 Å². The molecule has 6 heteroatoms. The standard InChI is InChI=1S/C11H14N4O2/c1-15(2)9-5-3-8(4-6-9)7-13-14-11(17)10(12)16/h3-7H,1-2H3,(H2,12,16)(H,14,17). The average molecular weight is 234 g/mol. The van der Waals surface area contributed by atoms with E-state index in [0.717, 1.165) is 11.3 Å². The number of carbonyl (C=O) groups excluding carboxylic acids is 2. The molecule has 90 valence electrons. The van der Waals surface area contributed by atoms with E-state index in [1.165, 1.54) is 6.21 Å². The third kappa shape index (κ3) is 3.94. The fourth-order valence-electron chi connectivity index (χ4n) is 1.08. The quantitative estimate of drug-likeness (QED) is 0.427. The summed E-state index contributed by atoms with van der Waals surface area (Å²) in [6.07, 6.45) is 1.43. The van der Waals surface area contributed by atoms with Crippen LogP contribution in [-0.2, 0) is 9.59 Å². The Morgan fingerprint density at radius 3 is 2.35 bits per heavy atom. The van der Waals surface area contributed by atoms with Crippen molar-refractivity contribution in [2.75, 3.05) is 19.0 Å². The first-order chi connectivity index (χ1) is 8.00. The van der Waals surface area contributed by atoms with Gasteiger partial charge in [-0.25, -0.2) is 5.43 Å². The first-order valence-electron chi connectivity index (χ1n) is 4.91. The lowest BCUT2D eigenvalue weighted by Crippen LogP contribution is -2.32. The van der Waals surface area contributed by atoms with Gasteiger partial charge >= 0.3 is 11.8 Å². The van der Waals surface area contributed by atoms with Gasteiger partial charge in [0.05, 0.1) is 6.21 Å². The fraction of sp³-hybridized carbons (Fsp3) is 0.182. The van der Waals surface area contributed by atoms with E-state index in [1.54, 1.807) is 0 Å². The van der Waals surface area contributed by atoms with Gasteiger partial charge in [-0.15, -0.1) is 0 Å². The average Bonchev–Trinajstić information content (AvgIpc) is 2.29. The van der Waals surface area contributed by atoms with Gasteiger partial charge in [0.25, 0.3) is 0 Å². The lowest BCUT2D eigenvalue weighted by Gasteiger charge is -2.11. The predicted molar refractivity (Wildman–Crippen MR) is 65.7 cm³/mol. The van der Waals surface area contributed by atoms with Gasteiger partial charge in [-0.05, 0) is 17.7 Å². The number of nitrogens with two attached hydrogens (primary N) is 1. The minimum Gasteiger partial charge on any atom is -0.378 e. The molecular weight excluding hydrogens is 220 g/mol. The van der Waals surface area contributed by atoms with Crippen molar-refractivity contribution >= 4 is 23.7 Å². The predicted octanol–water partition coefficient (Wildman–Crippen LogP) is -0.312. The third-order valence-electron chi connectivity index (χ3n) is 2.01. The molecule has 6 nitrogen and oxygen atoms in total. The summed E-state index contributed by atoms with van der Waals surface area (Å²) in [6, 6.07) is 7.51. The van der Waals surface area contributed by atoms with E-state index in [-0.39, 0.29) is 0 Å². The van der Waals surface area contributed by atoms with Gasteiger partial charge in [-0.1, -0.05) is 12.1 Å². The molecule has 0 bridgehead atoms. The first kappa shape index (κ1) is 12.7. The van der Waals surface area contributed by atoms with E-state index in [9.17, 15) is 9.59 Å². The molecule has 2 amide bonds. The minimum atomic E-state index is -1.06. The van der Waals surface area contributed by atoms with Crippen LogP contribution in [0.15, 0.2) is 29.4 Å². The van der Waals surface area contributed by atoms with Crippen molar-refractivity contribution in [3.63, 3.8) is 0 Å². The van der Waals surface area contributed by atoms with Crippen LogP contribution in [0.25, 0.3) is 0 Å². The lowest BCUT2D eigenvalue weighted by molar-refractivity contribution is -0.137. The van der Waals surface area contributed by atoms with Crippen LogP contribution in [0.2, 0.25) is 0 Å². The van der Waals surface area contributed by atoms with Crippen molar-refractivity contribution in [3.8, 4) is 0 Å². The third-order valence-corrected chi connectivity index (χ3v) is 2.01. The summed E-state index contributed by atoms with van der Waals surface area (Å²) in [5.74, 6) is -2.00. The van der Waals surface area contributed by atoms with E-state index >= 15 is 0 Å². The van der Waals surface area contributed by atoms with Crippen molar-refractivity contribution in [2.45, 2.75) is 0 Å². The molecule has 17 heavy (non-hydrogen) atoms. The number of hydrogen-bond acceptors (Lipinski definition) is 4. The molecule has 0 heterocycles. The zero-order valence-electron chi connectivity index (χ0n) is 9.68. The Hall–Kier alpha value is -2.37. The van der Waals surface area contributed by atoms with Crippen LogP contribution >= 0.6 is 0 Å². The number of hydrazone groups is 1. The van der Waals surface area contributed by atoms with Gasteiger partial charge in [0.2, 0.25) is 0 Å². The number of nitrogens with zero attached hydrogens (tertiary/aromatic N) is 2. The Labute approximate surface area is 99.1 Å². The normalized spacial score (nSPS) is 10.2. The van der Waals surface area contributed by atoms with E-state index in [0.29, 0.717) is 0 Å². The summed E-state index contributed by atoms with van der Waals surface area (Å²) in [5.41, 5.74) is 8.62. The van der Waals surface area contributed by atoms with Gasteiger partial charge in [-0.2, -0.15) is 5.10 Å².